The van der Waals surface area contributed by atoms with Crippen molar-refractivity contribution in [2.75, 3.05) is 64.7 Å². The Bertz CT molecular complexity index is 2380. The highest BCUT2D eigenvalue weighted by Crippen LogP contribution is 2.54. The van der Waals surface area contributed by atoms with Gasteiger partial charge in [0.15, 0.2) is 12.6 Å². The number of piperazine rings is 1. The molecule has 2 unspecified atom stereocenters. The molecule has 4 aromatic rings. The van der Waals surface area contributed by atoms with Crippen LogP contribution in [0.1, 0.15) is 77.7 Å². The number of aliphatic hydroxyl groups excluding tert-OH is 1. The summed E-state index contributed by atoms with van der Waals surface area (Å²) in [6, 6.07) is 6.51. The first kappa shape index (κ1) is 41.5. The molecule has 1 amide bonds. The third-order valence-electron chi connectivity index (χ3n) is 13.7. The van der Waals surface area contributed by atoms with Crippen molar-refractivity contribution in [2.24, 2.45) is 16.7 Å². The van der Waals surface area contributed by atoms with Crippen LogP contribution in [0, 0.1) is 46.5 Å². The zero-order chi connectivity index (χ0) is 42.8. The molecule has 1 N–H and O–H groups in total. The second-order valence-corrected chi connectivity index (χ2v) is 19.2. The fraction of sp³-hybridized carbons (Fsp3) is 0.553. The Morgan fingerprint density at radius 1 is 0.984 bits per heavy atom. The van der Waals surface area contributed by atoms with Crippen LogP contribution in [-0.4, -0.2) is 108 Å². The van der Waals surface area contributed by atoms with E-state index < -0.39 is 28.6 Å². The van der Waals surface area contributed by atoms with Gasteiger partial charge >= 0.3 is 12.1 Å². The molecule has 9 rings (SSSR count). The number of hydrogen-bond donors (Lipinski definition) is 1. The van der Waals surface area contributed by atoms with E-state index in [0.29, 0.717) is 42.2 Å². The lowest BCUT2D eigenvalue weighted by molar-refractivity contribution is -0.0381. The van der Waals surface area contributed by atoms with Crippen molar-refractivity contribution >= 4 is 33.6 Å². The molecule has 2 bridgehead atoms. The maximum Gasteiger partial charge on any atom is 0.410 e. The number of ether oxygens (including phenoxy) is 4. The maximum atomic E-state index is 17.5. The third kappa shape index (κ3) is 7.93. The molecular weight excluding hydrogens is 788 g/mol. The summed E-state index contributed by atoms with van der Waals surface area (Å²) in [7, 11) is 1.45. The summed E-state index contributed by atoms with van der Waals surface area (Å²) in [6.07, 6.45) is 13.3. The quantitative estimate of drug-likeness (QED) is 0.118. The third-order valence-corrected chi connectivity index (χ3v) is 13.7. The lowest BCUT2D eigenvalue weighted by Crippen LogP contribution is -2.57. The van der Waals surface area contributed by atoms with E-state index in [0.717, 1.165) is 71.0 Å². The fourth-order valence-electron chi connectivity index (χ4n) is 10.5. The summed E-state index contributed by atoms with van der Waals surface area (Å²) in [5.41, 5.74) is -1.16. The molecule has 4 heterocycles. The molecule has 11 nitrogen and oxygen atoms in total. The summed E-state index contributed by atoms with van der Waals surface area (Å²) in [5, 5.41) is 10.3. The van der Waals surface area contributed by atoms with Crippen LogP contribution in [-0.2, 0) is 9.47 Å². The number of benzene rings is 3. The Morgan fingerprint density at radius 2 is 1.70 bits per heavy atom. The average molecular weight is 842 g/mol. The van der Waals surface area contributed by atoms with E-state index in [1.807, 2.05) is 25.7 Å². The number of fused-ring (bicyclic) bond motifs is 4. The van der Waals surface area contributed by atoms with Crippen molar-refractivity contribution in [1.29, 1.82) is 0 Å². The van der Waals surface area contributed by atoms with Gasteiger partial charge in [-0.2, -0.15) is 9.97 Å². The molecule has 14 heteroatoms. The van der Waals surface area contributed by atoms with Gasteiger partial charge in [-0.15, -0.1) is 6.42 Å². The Kier molecular flexibility index (Phi) is 10.8. The second kappa shape index (κ2) is 15.8. The predicted molar refractivity (Wildman–Crippen MR) is 225 cm³/mol. The van der Waals surface area contributed by atoms with Crippen molar-refractivity contribution in [2.45, 2.75) is 89.8 Å². The highest BCUT2D eigenvalue weighted by Gasteiger charge is 2.50. The van der Waals surface area contributed by atoms with Crippen molar-refractivity contribution in [3.8, 4) is 35.2 Å². The standard InChI is InChI=1S/C47H54F3N5O6/c1-6-33-36(48)10-7-29-17-32(60-27-58-5)18-34(38(29)33)39-37(49)19-35-41(40(39)50)51-43(52-42(35)54-22-30-8-9-31(23-54)55(30)44(57)61-45(2,3)4)59-26-47(11-12-47)25-53-15-13-46(14-16-53)20-28(21-46)24-56/h1,7,10,17-19,28,30-31,56H,8-9,11-16,20-27H2,2-5H3. The normalized spacial score (nSPS) is 22.1. The number of rotatable bonds is 11. The monoisotopic (exact) mass is 841 g/mol. The molecule has 5 fully saturated rings. The number of terminal acetylenes is 1. The van der Waals surface area contributed by atoms with Crippen molar-refractivity contribution < 1.29 is 42.0 Å². The number of aliphatic hydroxyl groups is 1. The fourth-order valence-corrected chi connectivity index (χ4v) is 10.5. The minimum Gasteiger partial charge on any atom is -0.468 e. The van der Waals surface area contributed by atoms with E-state index >= 15 is 13.2 Å². The summed E-state index contributed by atoms with van der Waals surface area (Å²) < 4.78 is 72.7. The smallest absolute Gasteiger partial charge is 0.410 e. The molecule has 5 aliphatic rings. The first-order chi connectivity index (χ1) is 29.2. The Hall–Kier alpha value is -4.84. The van der Waals surface area contributed by atoms with Crippen LogP contribution >= 0.6 is 0 Å². The van der Waals surface area contributed by atoms with E-state index in [4.69, 9.17) is 30.4 Å². The van der Waals surface area contributed by atoms with Gasteiger partial charge in [0.2, 0.25) is 0 Å². The average Bonchev–Trinajstić information content (AvgIpc) is 3.92. The molecule has 2 saturated carbocycles. The minimum absolute atomic E-state index is 0.00590. The zero-order valence-corrected chi connectivity index (χ0v) is 35.4. The van der Waals surface area contributed by atoms with Crippen LogP contribution in [0.3, 0.4) is 0 Å². The number of anilines is 1. The SMILES string of the molecule is C#Cc1c(F)ccc2cc(OCOC)cc(-c3c(F)cc4c(N5CC6CCC(C5)N6C(=O)OC(C)(C)C)nc(OCC5(CN6CCC7(CC6)CC(CO)C7)CC5)nc4c3F)c12. The summed E-state index contributed by atoms with van der Waals surface area (Å²) in [4.78, 5) is 29.2. The van der Waals surface area contributed by atoms with E-state index in [1.54, 1.807) is 11.0 Å². The van der Waals surface area contributed by atoms with E-state index in [9.17, 15) is 9.90 Å². The van der Waals surface area contributed by atoms with Gasteiger partial charge in [-0.1, -0.05) is 12.0 Å². The molecule has 0 radical (unpaired) electrons. The summed E-state index contributed by atoms with van der Waals surface area (Å²) in [6.45, 7) is 9.57. The first-order valence-corrected chi connectivity index (χ1v) is 21.5. The predicted octanol–water partition coefficient (Wildman–Crippen LogP) is 8.06. The Balaban J connectivity index is 1.08. The molecular formula is C47H54F3N5O6. The van der Waals surface area contributed by atoms with Gasteiger partial charge < -0.3 is 33.9 Å². The summed E-state index contributed by atoms with van der Waals surface area (Å²) in [5.74, 6) is 0.736. The molecule has 2 atom stereocenters. The molecule has 3 saturated heterocycles. The van der Waals surface area contributed by atoms with Crippen LogP contribution < -0.4 is 14.4 Å². The molecule has 1 aromatic heterocycles. The van der Waals surface area contributed by atoms with Gasteiger partial charge in [0.05, 0.1) is 29.8 Å². The van der Waals surface area contributed by atoms with Crippen LogP contribution in [0.4, 0.5) is 23.8 Å². The molecule has 61 heavy (non-hydrogen) atoms. The second-order valence-electron chi connectivity index (χ2n) is 19.2. The number of aromatic nitrogens is 2. The number of carbonyl (C=O) groups excluding carboxylic acids is 1. The number of piperidine rings is 1. The van der Waals surface area contributed by atoms with Gasteiger partial charge in [-0.05, 0) is 126 Å². The van der Waals surface area contributed by atoms with Gasteiger partial charge in [0.1, 0.15) is 34.3 Å². The van der Waals surface area contributed by atoms with Gasteiger partial charge in [-0.25, -0.2) is 18.0 Å². The summed E-state index contributed by atoms with van der Waals surface area (Å²) >= 11 is 0. The van der Waals surface area contributed by atoms with Gasteiger partial charge in [0, 0.05) is 55.1 Å². The van der Waals surface area contributed by atoms with E-state index in [1.165, 1.54) is 31.4 Å². The van der Waals surface area contributed by atoms with Crippen LogP contribution in [0.2, 0.25) is 0 Å². The van der Waals surface area contributed by atoms with Gasteiger partial charge in [-0.3, -0.25) is 4.90 Å². The molecule has 3 aliphatic heterocycles. The van der Waals surface area contributed by atoms with E-state index in [-0.39, 0.29) is 76.2 Å². The number of likely N-dealkylation sites (tertiary alicyclic amines) is 1. The maximum absolute atomic E-state index is 17.5. The lowest BCUT2D eigenvalue weighted by Gasteiger charge is -2.52. The first-order valence-electron chi connectivity index (χ1n) is 21.5. The largest absolute Gasteiger partial charge is 0.468 e. The molecule has 324 valence electrons. The van der Waals surface area contributed by atoms with Crippen molar-refractivity contribution in [3.63, 3.8) is 0 Å². The van der Waals surface area contributed by atoms with Crippen molar-refractivity contribution in [3.05, 3.63) is 53.3 Å². The number of hydrogen-bond acceptors (Lipinski definition) is 10. The van der Waals surface area contributed by atoms with E-state index in [2.05, 4.69) is 15.8 Å². The highest BCUT2D eigenvalue weighted by molar-refractivity contribution is 6.04. The number of methoxy groups -OCH3 is 1. The zero-order valence-electron chi connectivity index (χ0n) is 35.4. The topological polar surface area (TPSA) is 110 Å². The number of amides is 1. The number of carbonyl (C=O) groups is 1. The van der Waals surface area contributed by atoms with Crippen LogP contribution in [0.25, 0.3) is 32.8 Å². The Morgan fingerprint density at radius 3 is 2.34 bits per heavy atom. The highest BCUT2D eigenvalue weighted by atomic mass is 19.1. The number of halogens is 3. The molecule has 2 aliphatic carbocycles. The molecule has 1 spiro atoms. The lowest BCUT2D eigenvalue weighted by atomic mass is 9.58. The minimum atomic E-state index is -0.987. The Labute approximate surface area is 354 Å². The molecule has 3 aromatic carbocycles. The van der Waals surface area contributed by atoms with Gasteiger partial charge in [0.25, 0.3) is 0 Å². The van der Waals surface area contributed by atoms with Crippen molar-refractivity contribution in [1.82, 2.24) is 19.8 Å². The van der Waals surface area contributed by atoms with Crippen LogP contribution in [0.15, 0.2) is 30.3 Å². The van der Waals surface area contributed by atoms with Crippen LogP contribution in [0.5, 0.6) is 11.8 Å². The number of nitrogens with zero attached hydrogens (tertiary/aromatic N) is 5.